The van der Waals surface area contributed by atoms with Crippen LogP contribution in [0.2, 0.25) is 0 Å². The Morgan fingerprint density at radius 1 is 0.500 bits per heavy atom. The van der Waals surface area contributed by atoms with Crippen molar-refractivity contribution in [1.29, 1.82) is 0 Å². The van der Waals surface area contributed by atoms with E-state index in [0.29, 0.717) is 0 Å². The maximum atomic E-state index is 1.50. The highest BCUT2D eigenvalue weighted by atomic mass is 127. The number of hydrogen-bond acceptors (Lipinski definition) is 0. The summed E-state index contributed by atoms with van der Waals surface area (Å²) >= 11 is 0. The molecule has 0 saturated heterocycles. The summed E-state index contributed by atoms with van der Waals surface area (Å²) in [6.07, 6.45) is 7.50. The van der Waals surface area contributed by atoms with Crippen LogP contribution in [0.5, 0.6) is 0 Å². The van der Waals surface area contributed by atoms with Gasteiger partial charge in [-0.2, -0.15) is 0 Å². The number of rotatable bonds is 0. The van der Waals surface area contributed by atoms with E-state index >= 15 is 0 Å². The van der Waals surface area contributed by atoms with Crippen molar-refractivity contribution < 1.29 is 0 Å². The number of hydrogen-bond donors (Lipinski definition) is 0. The van der Waals surface area contributed by atoms with Gasteiger partial charge >= 0.3 is 0 Å². The third-order valence-corrected chi connectivity index (χ3v) is 1.25. The molecule has 0 spiro atoms. The van der Waals surface area contributed by atoms with E-state index in [4.69, 9.17) is 0 Å². The van der Waals surface area contributed by atoms with Crippen LogP contribution in [0.4, 0.5) is 0 Å². The summed E-state index contributed by atoms with van der Waals surface area (Å²) in [5, 5.41) is 0. The van der Waals surface area contributed by atoms with E-state index in [1.165, 1.54) is 32.1 Å². The molecule has 1 rings (SSSR count). The van der Waals surface area contributed by atoms with Gasteiger partial charge in [0, 0.05) is 0 Å². The predicted octanol–water partition coefficient (Wildman–Crippen LogP) is 2.57. The SMILES string of the molecule is C1CCCC1.I. The summed E-state index contributed by atoms with van der Waals surface area (Å²) in [6, 6.07) is 0. The molecule has 1 saturated carbocycles. The lowest BCUT2D eigenvalue weighted by molar-refractivity contribution is 0.886. The van der Waals surface area contributed by atoms with Crippen molar-refractivity contribution in [2.45, 2.75) is 32.1 Å². The second-order valence-electron chi connectivity index (χ2n) is 1.77. The lowest BCUT2D eigenvalue weighted by Crippen LogP contribution is -1.47. The van der Waals surface area contributed by atoms with Crippen molar-refractivity contribution in [3.63, 3.8) is 0 Å². The first-order valence-corrected chi connectivity index (χ1v) is 2.50. The van der Waals surface area contributed by atoms with Gasteiger partial charge in [-0.25, -0.2) is 0 Å². The minimum absolute atomic E-state index is 0. The van der Waals surface area contributed by atoms with Crippen molar-refractivity contribution in [3.05, 3.63) is 0 Å². The molecule has 0 radical (unpaired) electrons. The van der Waals surface area contributed by atoms with Gasteiger partial charge in [0.05, 0.1) is 0 Å². The first-order chi connectivity index (χ1) is 2.50. The molecule has 0 unspecified atom stereocenters. The minimum Gasteiger partial charge on any atom is -0.107 e. The van der Waals surface area contributed by atoms with E-state index in [-0.39, 0.29) is 24.0 Å². The molecule has 0 atom stereocenters. The van der Waals surface area contributed by atoms with Crippen LogP contribution in [0.15, 0.2) is 0 Å². The monoisotopic (exact) mass is 198 g/mol. The van der Waals surface area contributed by atoms with Crippen molar-refractivity contribution in [2.24, 2.45) is 0 Å². The Morgan fingerprint density at radius 2 is 0.667 bits per heavy atom. The molecule has 0 aromatic carbocycles. The van der Waals surface area contributed by atoms with Crippen LogP contribution >= 0.6 is 24.0 Å². The second kappa shape index (κ2) is 3.90. The average molecular weight is 198 g/mol. The molecule has 0 bridgehead atoms. The zero-order valence-electron chi connectivity index (χ0n) is 3.94. The first-order valence-electron chi connectivity index (χ1n) is 2.50. The van der Waals surface area contributed by atoms with E-state index in [9.17, 15) is 0 Å². The van der Waals surface area contributed by atoms with Gasteiger partial charge in [0.2, 0.25) is 0 Å². The van der Waals surface area contributed by atoms with E-state index in [1.54, 1.807) is 0 Å². The van der Waals surface area contributed by atoms with Crippen LogP contribution in [-0.4, -0.2) is 0 Å². The predicted molar refractivity (Wildman–Crippen MR) is 38.5 cm³/mol. The van der Waals surface area contributed by atoms with E-state index < -0.39 is 0 Å². The quantitative estimate of drug-likeness (QED) is 0.524. The largest absolute Gasteiger partial charge is 0.107 e. The normalized spacial score (nSPS) is 20.0. The summed E-state index contributed by atoms with van der Waals surface area (Å²) < 4.78 is 0. The van der Waals surface area contributed by atoms with Gasteiger partial charge < -0.3 is 0 Å². The Morgan fingerprint density at radius 3 is 0.833 bits per heavy atom. The third-order valence-electron chi connectivity index (χ3n) is 1.25. The Bertz CT molecular complexity index is 15.5. The Labute approximate surface area is 56.3 Å². The van der Waals surface area contributed by atoms with Crippen LogP contribution in [0.3, 0.4) is 0 Å². The van der Waals surface area contributed by atoms with Gasteiger partial charge in [-0.15, -0.1) is 24.0 Å². The molecule has 0 aromatic rings. The topological polar surface area (TPSA) is 0 Å². The standard InChI is InChI=1S/C5H10.HI/c1-2-4-5-3-1;/h1-5H2;1H. The zero-order valence-corrected chi connectivity index (χ0v) is 6.27. The van der Waals surface area contributed by atoms with Gasteiger partial charge in [0.1, 0.15) is 0 Å². The molecular weight excluding hydrogens is 187 g/mol. The fourth-order valence-electron chi connectivity index (χ4n) is 0.884. The zero-order chi connectivity index (χ0) is 3.54. The minimum atomic E-state index is 0. The molecular formula is C5H11I. The Kier molecular flexibility index (Phi) is 4.38. The van der Waals surface area contributed by atoms with Gasteiger partial charge in [0.25, 0.3) is 0 Å². The van der Waals surface area contributed by atoms with Gasteiger partial charge in [-0.05, 0) is 0 Å². The van der Waals surface area contributed by atoms with Crippen LogP contribution in [0, 0.1) is 0 Å². The second-order valence-corrected chi connectivity index (χ2v) is 1.77. The van der Waals surface area contributed by atoms with Crippen LogP contribution in [-0.2, 0) is 0 Å². The summed E-state index contributed by atoms with van der Waals surface area (Å²) in [5.74, 6) is 0. The summed E-state index contributed by atoms with van der Waals surface area (Å²) in [4.78, 5) is 0. The molecule has 0 amide bonds. The molecule has 0 N–H and O–H groups in total. The fraction of sp³-hybridized carbons (Fsp3) is 1.00. The maximum Gasteiger partial charge on any atom is -0.0533 e. The van der Waals surface area contributed by atoms with Crippen molar-refractivity contribution in [1.82, 2.24) is 0 Å². The average Bonchev–Trinajstić information content (AvgIpc) is 1.76. The van der Waals surface area contributed by atoms with Gasteiger partial charge in [0.15, 0.2) is 0 Å². The number of halogens is 1. The molecule has 1 aliphatic carbocycles. The summed E-state index contributed by atoms with van der Waals surface area (Å²) in [7, 11) is 0. The molecule has 1 aliphatic rings. The molecule has 0 nitrogen and oxygen atoms in total. The maximum absolute atomic E-state index is 1.50. The summed E-state index contributed by atoms with van der Waals surface area (Å²) in [6.45, 7) is 0. The van der Waals surface area contributed by atoms with Crippen molar-refractivity contribution in [3.8, 4) is 0 Å². The van der Waals surface area contributed by atoms with Crippen LogP contribution in [0.1, 0.15) is 32.1 Å². The van der Waals surface area contributed by atoms with Crippen LogP contribution in [0.25, 0.3) is 0 Å². The molecule has 6 heavy (non-hydrogen) atoms. The molecule has 0 heterocycles. The van der Waals surface area contributed by atoms with Gasteiger partial charge in [-0.3, -0.25) is 0 Å². The smallest absolute Gasteiger partial charge is 0.0533 e. The molecule has 0 aliphatic heterocycles. The molecule has 38 valence electrons. The van der Waals surface area contributed by atoms with Crippen LogP contribution < -0.4 is 0 Å². The molecule has 1 fully saturated rings. The highest BCUT2D eigenvalue weighted by Crippen LogP contribution is 2.15. The molecule has 1 heteroatoms. The summed E-state index contributed by atoms with van der Waals surface area (Å²) in [5.41, 5.74) is 0. The lowest BCUT2D eigenvalue weighted by Gasteiger charge is -1.67. The molecule has 0 aromatic heterocycles. The van der Waals surface area contributed by atoms with E-state index in [1.807, 2.05) is 0 Å². The highest BCUT2D eigenvalue weighted by Gasteiger charge is 1.95. The lowest BCUT2D eigenvalue weighted by atomic mass is 10.4. The first kappa shape index (κ1) is 6.73. The Balaban J connectivity index is 0.000000250. The van der Waals surface area contributed by atoms with Crippen molar-refractivity contribution in [2.75, 3.05) is 0 Å². The Hall–Kier alpha value is 0.730. The van der Waals surface area contributed by atoms with E-state index in [2.05, 4.69) is 0 Å². The van der Waals surface area contributed by atoms with Gasteiger partial charge in [-0.1, -0.05) is 32.1 Å². The fourth-order valence-corrected chi connectivity index (χ4v) is 0.884. The van der Waals surface area contributed by atoms with Crippen molar-refractivity contribution >= 4 is 24.0 Å². The van der Waals surface area contributed by atoms with E-state index in [0.717, 1.165) is 0 Å². The third kappa shape index (κ3) is 2.00. The highest BCUT2D eigenvalue weighted by molar-refractivity contribution is 14.0.